The van der Waals surface area contributed by atoms with Crippen molar-refractivity contribution in [3.05, 3.63) is 46.8 Å². The van der Waals surface area contributed by atoms with E-state index in [9.17, 15) is 9.59 Å². The Morgan fingerprint density at radius 3 is 2.95 bits per heavy atom. The van der Waals surface area contributed by atoms with E-state index in [2.05, 4.69) is 5.32 Å². The van der Waals surface area contributed by atoms with Gasteiger partial charge in [0.2, 0.25) is 0 Å². The molecule has 0 saturated carbocycles. The predicted molar refractivity (Wildman–Crippen MR) is 76.9 cm³/mol. The molecular formula is C16H17NO5. The summed E-state index contributed by atoms with van der Waals surface area (Å²) >= 11 is 0. The summed E-state index contributed by atoms with van der Waals surface area (Å²) in [5.41, 5.74) is 1.03. The first-order valence-corrected chi connectivity index (χ1v) is 7.33. The van der Waals surface area contributed by atoms with Gasteiger partial charge in [0.05, 0.1) is 12.3 Å². The van der Waals surface area contributed by atoms with Crippen LogP contribution in [0.2, 0.25) is 0 Å². The van der Waals surface area contributed by atoms with E-state index in [0.29, 0.717) is 12.2 Å². The Morgan fingerprint density at radius 1 is 1.45 bits per heavy atom. The smallest absolute Gasteiger partial charge is 0.339 e. The Bertz CT molecular complexity index is 712. The summed E-state index contributed by atoms with van der Waals surface area (Å²) in [5, 5.41) is 12.0. The van der Waals surface area contributed by atoms with Crippen molar-refractivity contribution in [3.8, 4) is 0 Å². The molecule has 0 radical (unpaired) electrons. The second-order valence-corrected chi connectivity index (χ2v) is 5.32. The molecule has 0 fully saturated rings. The van der Waals surface area contributed by atoms with E-state index in [1.54, 1.807) is 13.2 Å². The molecule has 0 spiro atoms. The van der Waals surface area contributed by atoms with E-state index in [1.807, 2.05) is 6.07 Å². The van der Waals surface area contributed by atoms with E-state index in [-0.39, 0.29) is 17.4 Å². The number of rotatable bonds is 4. The van der Waals surface area contributed by atoms with Crippen molar-refractivity contribution in [2.45, 2.75) is 38.6 Å². The lowest BCUT2D eigenvalue weighted by Crippen LogP contribution is -2.30. The zero-order valence-electron chi connectivity index (χ0n) is 12.2. The third-order valence-corrected chi connectivity index (χ3v) is 3.94. The number of carbonyl (C=O) groups is 2. The summed E-state index contributed by atoms with van der Waals surface area (Å²) in [5.74, 6) is -0.248. The molecule has 0 aliphatic heterocycles. The molecule has 2 aromatic heterocycles. The van der Waals surface area contributed by atoms with E-state index < -0.39 is 11.9 Å². The van der Waals surface area contributed by atoms with E-state index in [0.717, 1.165) is 30.6 Å². The van der Waals surface area contributed by atoms with E-state index in [4.69, 9.17) is 13.9 Å². The maximum absolute atomic E-state index is 12.3. The molecule has 6 heteroatoms. The number of nitrogens with one attached hydrogen (secondary N) is 1. The van der Waals surface area contributed by atoms with Crippen molar-refractivity contribution in [1.29, 1.82) is 0 Å². The first kappa shape index (κ1) is 14.4. The quantitative estimate of drug-likeness (QED) is 0.906. The number of amides is 1. The van der Waals surface area contributed by atoms with Gasteiger partial charge in [-0.2, -0.15) is 0 Å². The fourth-order valence-electron chi connectivity index (χ4n) is 2.85. The van der Waals surface area contributed by atoms with E-state index >= 15 is 0 Å². The maximum Gasteiger partial charge on any atom is 0.339 e. The molecule has 1 amide bonds. The highest BCUT2D eigenvalue weighted by Gasteiger charge is 2.26. The van der Waals surface area contributed by atoms with Crippen LogP contribution in [0, 0.1) is 0 Å². The molecule has 1 unspecified atom stereocenters. The van der Waals surface area contributed by atoms with Crippen LogP contribution in [0.3, 0.4) is 0 Å². The van der Waals surface area contributed by atoms with Crippen LogP contribution < -0.4 is 5.32 Å². The molecule has 116 valence electrons. The standard InChI is InChI=1S/C16H17NO5/c1-2-12-10(16(19)20)8-14(22-12)15(18)17-11-4-3-5-13-9(11)6-7-21-13/h6-8,11H,2-5H2,1H3,(H,17,18)(H,19,20). The summed E-state index contributed by atoms with van der Waals surface area (Å²) in [6.07, 6.45) is 4.68. The van der Waals surface area contributed by atoms with Crippen LogP contribution in [0.15, 0.2) is 27.2 Å². The third kappa shape index (κ3) is 2.52. The van der Waals surface area contributed by atoms with Gasteiger partial charge < -0.3 is 19.3 Å². The first-order chi connectivity index (χ1) is 10.6. The molecule has 2 aromatic rings. The SMILES string of the molecule is CCc1oc(C(=O)NC2CCCc3occc32)cc1C(=O)O. The van der Waals surface area contributed by atoms with Crippen LogP contribution in [0.4, 0.5) is 0 Å². The Kier molecular flexibility index (Phi) is 3.75. The summed E-state index contributed by atoms with van der Waals surface area (Å²) in [4.78, 5) is 23.5. The van der Waals surface area contributed by atoms with Gasteiger partial charge in [-0.15, -0.1) is 0 Å². The summed E-state index contributed by atoms with van der Waals surface area (Å²) in [6, 6.07) is 3.02. The molecule has 1 atom stereocenters. The van der Waals surface area contributed by atoms with Gasteiger partial charge in [-0.05, 0) is 18.9 Å². The number of aromatic carboxylic acids is 1. The molecule has 22 heavy (non-hydrogen) atoms. The zero-order valence-corrected chi connectivity index (χ0v) is 12.2. The number of carbonyl (C=O) groups excluding carboxylic acids is 1. The van der Waals surface area contributed by atoms with Gasteiger partial charge in [-0.3, -0.25) is 4.79 Å². The molecule has 2 N–H and O–H groups in total. The van der Waals surface area contributed by atoms with Gasteiger partial charge in [0.25, 0.3) is 5.91 Å². The van der Waals surface area contributed by atoms with Crippen LogP contribution in [-0.2, 0) is 12.8 Å². The molecule has 3 rings (SSSR count). The van der Waals surface area contributed by atoms with Gasteiger partial charge in [-0.25, -0.2) is 4.79 Å². The topological polar surface area (TPSA) is 92.7 Å². The highest BCUT2D eigenvalue weighted by atomic mass is 16.4. The van der Waals surface area contributed by atoms with Gasteiger partial charge in [-0.1, -0.05) is 6.92 Å². The number of carboxylic acid groups (broad SMARTS) is 1. The van der Waals surface area contributed by atoms with Gasteiger partial charge in [0, 0.05) is 24.5 Å². The van der Waals surface area contributed by atoms with Crippen LogP contribution in [-0.4, -0.2) is 17.0 Å². The molecular weight excluding hydrogens is 286 g/mol. The van der Waals surface area contributed by atoms with Gasteiger partial charge in [0.15, 0.2) is 5.76 Å². The Labute approximate surface area is 127 Å². The fourth-order valence-corrected chi connectivity index (χ4v) is 2.85. The number of carboxylic acids is 1. The largest absolute Gasteiger partial charge is 0.478 e. The lowest BCUT2D eigenvalue weighted by molar-refractivity contribution is 0.0694. The minimum atomic E-state index is -1.09. The van der Waals surface area contributed by atoms with Crippen LogP contribution in [0.1, 0.15) is 63.8 Å². The normalized spacial score (nSPS) is 17.0. The summed E-state index contributed by atoms with van der Waals surface area (Å²) < 4.78 is 10.8. The third-order valence-electron chi connectivity index (χ3n) is 3.94. The predicted octanol–water partition coefficient (Wildman–Crippen LogP) is 2.94. The Hall–Kier alpha value is -2.50. The van der Waals surface area contributed by atoms with Gasteiger partial charge in [0.1, 0.15) is 17.1 Å². The second-order valence-electron chi connectivity index (χ2n) is 5.32. The molecule has 1 aliphatic carbocycles. The Morgan fingerprint density at radius 2 is 2.27 bits per heavy atom. The number of fused-ring (bicyclic) bond motifs is 1. The highest BCUT2D eigenvalue weighted by Crippen LogP contribution is 2.30. The van der Waals surface area contributed by atoms with Crippen LogP contribution in [0.25, 0.3) is 0 Å². The fraction of sp³-hybridized carbons (Fsp3) is 0.375. The molecule has 0 saturated heterocycles. The van der Waals surface area contributed by atoms with Crippen molar-refractivity contribution in [2.24, 2.45) is 0 Å². The van der Waals surface area contributed by atoms with Crippen molar-refractivity contribution >= 4 is 11.9 Å². The maximum atomic E-state index is 12.3. The van der Waals surface area contributed by atoms with Crippen molar-refractivity contribution < 1.29 is 23.5 Å². The molecule has 6 nitrogen and oxygen atoms in total. The molecule has 0 aromatic carbocycles. The zero-order chi connectivity index (χ0) is 15.7. The van der Waals surface area contributed by atoms with Crippen molar-refractivity contribution in [2.75, 3.05) is 0 Å². The highest BCUT2D eigenvalue weighted by molar-refractivity contribution is 5.96. The van der Waals surface area contributed by atoms with Crippen LogP contribution in [0.5, 0.6) is 0 Å². The summed E-state index contributed by atoms with van der Waals surface area (Å²) in [7, 11) is 0. The van der Waals surface area contributed by atoms with Crippen LogP contribution >= 0.6 is 0 Å². The average molecular weight is 303 g/mol. The number of aryl methyl sites for hydroxylation is 2. The number of hydrogen-bond acceptors (Lipinski definition) is 4. The Balaban J connectivity index is 1.80. The minimum Gasteiger partial charge on any atom is -0.478 e. The van der Waals surface area contributed by atoms with Crippen molar-refractivity contribution in [1.82, 2.24) is 5.32 Å². The lowest BCUT2D eigenvalue weighted by atomic mass is 9.93. The van der Waals surface area contributed by atoms with Gasteiger partial charge >= 0.3 is 5.97 Å². The second kappa shape index (κ2) is 5.71. The van der Waals surface area contributed by atoms with Crippen molar-refractivity contribution in [3.63, 3.8) is 0 Å². The monoisotopic (exact) mass is 303 g/mol. The number of furan rings is 2. The first-order valence-electron chi connectivity index (χ1n) is 7.33. The average Bonchev–Trinajstić information content (AvgIpc) is 3.14. The minimum absolute atomic E-state index is 0.0323. The number of hydrogen-bond donors (Lipinski definition) is 2. The molecule has 1 aliphatic rings. The lowest BCUT2D eigenvalue weighted by Gasteiger charge is -2.22. The summed E-state index contributed by atoms with van der Waals surface area (Å²) in [6.45, 7) is 1.78. The molecule has 2 heterocycles. The van der Waals surface area contributed by atoms with E-state index in [1.165, 1.54) is 6.07 Å². The molecule has 0 bridgehead atoms.